The first-order valence-electron chi connectivity index (χ1n) is 4.51. The molecule has 15 heavy (non-hydrogen) atoms. The third-order valence-corrected chi connectivity index (χ3v) is 5.11. The second kappa shape index (κ2) is 3.94. The van der Waals surface area contributed by atoms with Crippen molar-refractivity contribution in [2.75, 3.05) is 0 Å². The Morgan fingerprint density at radius 2 is 1.40 bits per heavy atom. The van der Waals surface area contributed by atoms with Gasteiger partial charge in [0.1, 0.15) is 5.82 Å². The van der Waals surface area contributed by atoms with Crippen LogP contribution < -0.4 is 5.19 Å². The quantitative estimate of drug-likeness (QED) is 0.547. The van der Waals surface area contributed by atoms with Crippen molar-refractivity contribution in [1.82, 2.24) is 0 Å². The van der Waals surface area contributed by atoms with E-state index in [-0.39, 0.29) is 15.2 Å². The van der Waals surface area contributed by atoms with Gasteiger partial charge in [-0.2, -0.15) is 0 Å². The normalized spacial score (nSPS) is 12.0. The van der Waals surface area contributed by atoms with Gasteiger partial charge in [0.05, 0.1) is 12.5 Å². The van der Waals surface area contributed by atoms with Crippen LogP contribution in [0.5, 0.6) is 0 Å². The second-order valence-electron chi connectivity index (χ2n) is 4.51. The van der Waals surface area contributed by atoms with Gasteiger partial charge in [-0.15, -0.1) is 0 Å². The Morgan fingerprint density at radius 3 is 1.80 bits per heavy atom. The molecule has 5 heteroatoms. The molecule has 0 radical (unpaired) electrons. The molecule has 0 atom stereocenters. The molecule has 0 aliphatic rings. The maximum absolute atomic E-state index is 13.8. The van der Waals surface area contributed by atoms with Crippen LogP contribution in [0.3, 0.4) is 0 Å². The fourth-order valence-electron chi connectivity index (χ4n) is 1.40. The molecule has 0 N–H and O–H groups in total. The van der Waals surface area contributed by atoms with Crippen molar-refractivity contribution < 1.29 is 13.2 Å². The fourth-order valence-corrected chi connectivity index (χ4v) is 3.51. The summed E-state index contributed by atoms with van der Waals surface area (Å²) in [5.41, 5.74) is -0.0213. The molecule has 0 spiro atoms. The predicted octanol–water partition coefficient (Wildman–Crippen LogP) is 3.72. The lowest BCUT2D eigenvalue weighted by atomic mass is 10.2. The fraction of sp³-hybridized carbons (Fsp3) is 0.400. The van der Waals surface area contributed by atoms with E-state index >= 15 is 0 Å². The maximum Gasteiger partial charge on any atom is 0.162 e. The molecular weight excluding hydrogens is 285 g/mol. The molecule has 0 bridgehead atoms. The summed E-state index contributed by atoms with van der Waals surface area (Å²) < 4.78 is 40.8. The van der Waals surface area contributed by atoms with Gasteiger partial charge in [0.25, 0.3) is 0 Å². The van der Waals surface area contributed by atoms with E-state index < -0.39 is 25.5 Å². The standard InChI is InChI=1S/C10H12BrF3Si/c1-5-6(11)8(13)10(15(2,3)4)9(14)7(5)12/h1-4H3. The molecule has 0 aromatic heterocycles. The molecule has 0 saturated carbocycles. The van der Waals surface area contributed by atoms with E-state index in [0.717, 1.165) is 0 Å². The molecule has 0 amide bonds. The van der Waals surface area contributed by atoms with E-state index in [4.69, 9.17) is 0 Å². The molecule has 0 fully saturated rings. The highest BCUT2D eigenvalue weighted by atomic mass is 79.9. The smallest absolute Gasteiger partial charge is 0.162 e. The van der Waals surface area contributed by atoms with E-state index in [9.17, 15) is 13.2 Å². The van der Waals surface area contributed by atoms with Gasteiger partial charge in [-0.3, -0.25) is 0 Å². The van der Waals surface area contributed by atoms with E-state index in [1.165, 1.54) is 6.92 Å². The summed E-state index contributed by atoms with van der Waals surface area (Å²) in [5.74, 6) is -2.65. The highest BCUT2D eigenvalue weighted by molar-refractivity contribution is 9.10. The molecule has 0 aliphatic carbocycles. The third kappa shape index (κ3) is 2.13. The van der Waals surface area contributed by atoms with Crippen molar-refractivity contribution in [1.29, 1.82) is 0 Å². The number of halogens is 4. The van der Waals surface area contributed by atoms with Crippen molar-refractivity contribution in [3.8, 4) is 0 Å². The van der Waals surface area contributed by atoms with E-state index in [0.29, 0.717) is 0 Å². The Kier molecular flexibility index (Phi) is 3.35. The van der Waals surface area contributed by atoms with Crippen LogP contribution in [0.15, 0.2) is 4.47 Å². The lowest BCUT2D eigenvalue weighted by Crippen LogP contribution is -2.43. The SMILES string of the molecule is Cc1c(F)c(F)c([Si](C)(C)C)c(F)c1Br. The Hall–Kier alpha value is -0.293. The van der Waals surface area contributed by atoms with Crippen LogP contribution in [0.25, 0.3) is 0 Å². The first-order chi connectivity index (χ1) is 6.68. The maximum atomic E-state index is 13.8. The van der Waals surface area contributed by atoms with Gasteiger partial charge < -0.3 is 0 Å². The zero-order valence-electron chi connectivity index (χ0n) is 9.01. The van der Waals surface area contributed by atoms with Crippen molar-refractivity contribution in [3.05, 3.63) is 27.5 Å². The van der Waals surface area contributed by atoms with Gasteiger partial charge >= 0.3 is 0 Å². The first-order valence-corrected chi connectivity index (χ1v) is 8.80. The molecule has 0 unspecified atom stereocenters. The van der Waals surface area contributed by atoms with Crippen molar-refractivity contribution in [3.63, 3.8) is 0 Å². The molecule has 0 saturated heterocycles. The lowest BCUT2D eigenvalue weighted by Gasteiger charge is -2.20. The van der Waals surface area contributed by atoms with Crippen LogP contribution in [0.4, 0.5) is 13.2 Å². The van der Waals surface area contributed by atoms with Gasteiger partial charge in [-0.1, -0.05) is 19.6 Å². The molecule has 1 aromatic rings. The van der Waals surface area contributed by atoms with Crippen molar-refractivity contribution >= 4 is 29.2 Å². The third-order valence-electron chi connectivity index (χ3n) is 2.23. The molecular formula is C10H12BrF3Si. The Bertz CT molecular complexity index is 381. The summed E-state index contributed by atoms with van der Waals surface area (Å²) in [6.07, 6.45) is 0. The van der Waals surface area contributed by atoms with Crippen molar-refractivity contribution in [2.45, 2.75) is 26.6 Å². The second-order valence-corrected chi connectivity index (χ2v) is 10.3. The van der Waals surface area contributed by atoms with Crippen LogP contribution in [-0.4, -0.2) is 8.07 Å². The van der Waals surface area contributed by atoms with E-state index in [2.05, 4.69) is 15.9 Å². The summed E-state index contributed by atoms with van der Waals surface area (Å²) in [6, 6.07) is 0. The summed E-state index contributed by atoms with van der Waals surface area (Å²) in [5, 5.41) is -0.0857. The summed E-state index contributed by atoms with van der Waals surface area (Å²) in [4.78, 5) is 0. The molecule has 0 aliphatic heterocycles. The lowest BCUT2D eigenvalue weighted by molar-refractivity contribution is 0.494. The first kappa shape index (κ1) is 12.8. The predicted molar refractivity (Wildman–Crippen MR) is 61.7 cm³/mol. The van der Waals surface area contributed by atoms with Crippen LogP contribution in [-0.2, 0) is 0 Å². The topological polar surface area (TPSA) is 0 Å². The van der Waals surface area contributed by atoms with Crippen LogP contribution in [0.1, 0.15) is 5.56 Å². The Balaban J connectivity index is 3.68. The van der Waals surface area contributed by atoms with Crippen LogP contribution in [0, 0.1) is 24.4 Å². The average Bonchev–Trinajstić information content (AvgIpc) is 2.09. The van der Waals surface area contributed by atoms with Gasteiger partial charge in [0, 0.05) is 10.8 Å². The Morgan fingerprint density at radius 1 is 0.933 bits per heavy atom. The zero-order valence-corrected chi connectivity index (χ0v) is 11.6. The minimum Gasteiger partial charge on any atom is -0.206 e. The number of benzene rings is 1. The zero-order chi connectivity index (χ0) is 12.0. The summed E-state index contributed by atoms with van der Waals surface area (Å²) in [7, 11) is -2.23. The summed E-state index contributed by atoms with van der Waals surface area (Å²) in [6.45, 7) is 6.67. The largest absolute Gasteiger partial charge is 0.206 e. The molecule has 84 valence electrons. The number of hydrogen-bond acceptors (Lipinski definition) is 0. The van der Waals surface area contributed by atoms with Crippen LogP contribution in [0.2, 0.25) is 19.6 Å². The molecule has 0 heterocycles. The number of hydrogen-bond donors (Lipinski definition) is 0. The highest BCUT2D eigenvalue weighted by Gasteiger charge is 2.30. The molecule has 0 nitrogen and oxygen atoms in total. The van der Waals surface area contributed by atoms with Gasteiger partial charge in [-0.05, 0) is 22.9 Å². The molecule has 1 rings (SSSR count). The molecule has 1 aromatic carbocycles. The summed E-state index contributed by atoms with van der Waals surface area (Å²) >= 11 is 2.95. The van der Waals surface area contributed by atoms with Crippen molar-refractivity contribution in [2.24, 2.45) is 0 Å². The van der Waals surface area contributed by atoms with Gasteiger partial charge in [0.15, 0.2) is 11.6 Å². The van der Waals surface area contributed by atoms with Crippen LogP contribution >= 0.6 is 15.9 Å². The van der Waals surface area contributed by atoms with E-state index in [1.807, 2.05) is 0 Å². The van der Waals surface area contributed by atoms with Gasteiger partial charge in [0.2, 0.25) is 0 Å². The van der Waals surface area contributed by atoms with Gasteiger partial charge in [-0.25, -0.2) is 13.2 Å². The Labute approximate surface area is 96.6 Å². The number of rotatable bonds is 1. The van der Waals surface area contributed by atoms with E-state index in [1.54, 1.807) is 19.6 Å². The average molecular weight is 297 g/mol. The minimum absolute atomic E-state index is 0.0213. The minimum atomic E-state index is -2.23. The monoisotopic (exact) mass is 296 g/mol. The highest BCUT2D eigenvalue weighted by Crippen LogP contribution is 2.25.